The number of hydrogen-bond acceptors (Lipinski definition) is 10. The zero-order valence-corrected chi connectivity index (χ0v) is 25.5. The summed E-state index contributed by atoms with van der Waals surface area (Å²) in [7, 11) is 0. The van der Waals surface area contributed by atoms with Crippen LogP contribution in [-0.4, -0.2) is 77.9 Å². The van der Waals surface area contributed by atoms with Crippen molar-refractivity contribution in [3.8, 4) is 0 Å². The molecule has 0 aromatic carbocycles. The molecule has 6 aliphatic rings. The van der Waals surface area contributed by atoms with E-state index < -0.39 is 29.1 Å². The van der Waals surface area contributed by atoms with E-state index in [1.54, 1.807) is 6.07 Å². The zero-order chi connectivity index (χ0) is 30.2. The number of epoxide rings is 1. The third kappa shape index (κ3) is 4.41. The van der Waals surface area contributed by atoms with Crippen molar-refractivity contribution in [2.24, 2.45) is 22.7 Å². The van der Waals surface area contributed by atoms with Gasteiger partial charge in [-0.25, -0.2) is 9.59 Å². The summed E-state index contributed by atoms with van der Waals surface area (Å²) in [6.45, 7) is 9.04. The molecule has 0 unspecified atom stereocenters. The molecule has 0 bridgehead atoms. The maximum Gasteiger partial charge on any atom is 0.508 e. The van der Waals surface area contributed by atoms with Gasteiger partial charge in [0.05, 0.1) is 11.9 Å². The Morgan fingerprint density at radius 2 is 1.77 bits per heavy atom. The van der Waals surface area contributed by atoms with Gasteiger partial charge in [-0.15, -0.1) is 0 Å². The Hall–Kier alpha value is -2.43. The van der Waals surface area contributed by atoms with E-state index in [1.165, 1.54) is 32.1 Å². The SMILES string of the molecule is CC(=O)O[C@H]1[C@H]2O[C@]23[C@@H]2CC[C@]4(O)C[C@@H](OC(=O)OCCN5CCCC5)CC[C@]4(C)[C@H]2CC[C@]3(C)[C@H]1c1ccc(=O)oc1. The number of carbonyl (C=O) groups is 2. The predicted octanol–water partition coefficient (Wildman–Crippen LogP) is 4.17. The van der Waals surface area contributed by atoms with Gasteiger partial charge in [0.1, 0.15) is 30.5 Å². The third-order valence-corrected chi connectivity index (χ3v) is 12.7. The van der Waals surface area contributed by atoms with Gasteiger partial charge in [0.2, 0.25) is 0 Å². The summed E-state index contributed by atoms with van der Waals surface area (Å²) in [5.74, 6) is -0.110. The number of esters is 1. The van der Waals surface area contributed by atoms with E-state index in [0.29, 0.717) is 25.9 Å². The Balaban J connectivity index is 1.08. The number of rotatable bonds is 6. The molecule has 1 aromatic rings. The van der Waals surface area contributed by atoms with Crippen LogP contribution in [-0.2, 0) is 23.7 Å². The second-order valence-corrected chi connectivity index (χ2v) is 14.6. The molecule has 3 heterocycles. The highest BCUT2D eigenvalue weighted by Crippen LogP contribution is 2.78. The molecule has 4 saturated carbocycles. The molecule has 10 atom stereocenters. The van der Waals surface area contributed by atoms with Crippen LogP contribution in [0, 0.1) is 22.7 Å². The topological polar surface area (TPSA) is 128 Å². The van der Waals surface area contributed by atoms with Gasteiger partial charge >= 0.3 is 17.8 Å². The highest BCUT2D eigenvalue weighted by molar-refractivity contribution is 5.67. The summed E-state index contributed by atoms with van der Waals surface area (Å²) in [5, 5.41) is 12.2. The third-order valence-electron chi connectivity index (χ3n) is 12.7. The molecule has 1 aromatic heterocycles. The van der Waals surface area contributed by atoms with Crippen molar-refractivity contribution in [3.05, 3.63) is 34.4 Å². The molecule has 1 N–H and O–H groups in total. The summed E-state index contributed by atoms with van der Waals surface area (Å²) in [4.78, 5) is 38.8. The largest absolute Gasteiger partial charge is 0.508 e. The van der Waals surface area contributed by atoms with Crippen LogP contribution in [0.1, 0.15) is 90.0 Å². The van der Waals surface area contributed by atoms with Crippen molar-refractivity contribution < 1.29 is 38.1 Å². The second-order valence-electron chi connectivity index (χ2n) is 14.6. The first kappa shape index (κ1) is 29.3. The minimum absolute atomic E-state index is 0.158. The number of nitrogens with zero attached hydrogens (tertiary/aromatic N) is 1. The Morgan fingerprint density at radius 1 is 1.02 bits per heavy atom. The lowest BCUT2D eigenvalue weighted by Gasteiger charge is -2.64. The first-order chi connectivity index (χ1) is 20.5. The first-order valence-electron chi connectivity index (χ1n) is 16.2. The van der Waals surface area contributed by atoms with Gasteiger partial charge in [-0.05, 0) is 93.3 Å². The minimum atomic E-state index is -0.961. The number of ether oxygens (including phenoxy) is 4. The van der Waals surface area contributed by atoms with Crippen molar-refractivity contribution in [3.63, 3.8) is 0 Å². The van der Waals surface area contributed by atoms with Crippen molar-refractivity contribution in [1.29, 1.82) is 0 Å². The number of likely N-dealkylation sites (tertiary alicyclic amines) is 1. The van der Waals surface area contributed by atoms with Gasteiger partial charge in [0.15, 0.2) is 0 Å². The average Bonchev–Trinajstić information content (AvgIpc) is 3.39. The number of hydrogen-bond donors (Lipinski definition) is 1. The van der Waals surface area contributed by atoms with Crippen LogP contribution in [0.25, 0.3) is 0 Å². The molecule has 2 saturated heterocycles. The molecule has 2 aliphatic heterocycles. The van der Waals surface area contributed by atoms with Crippen molar-refractivity contribution in [1.82, 2.24) is 4.90 Å². The van der Waals surface area contributed by atoms with Crippen LogP contribution < -0.4 is 5.63 Å². The summed E-state index contributed by atoms with van der Waals surface area (Å²) < 4.78 is 29.0. The molecule has 0 amide bonds. The predicted molar refractivity (Wildman–Crippen MR) is 153 cm³/mol. The minimum Gasteiger partial charge on any atom is -0.459 e. The van der Waals surface area contributed by atoms with E-state index in [1.807, 2.05) is 0 Å². The van der Waals surface area contributed by atoms with Gasteiger partial charge in [-0.3, -0.25) is 9.69 Å². The highest BCUT2D eigenvalue weighted by atomic mass is 16.7. The van der Waals surface area contributed by atoms with Crippen LogP contribution in [0.5, 0.6) is 0 Å². The highest BCUT2D eigenvalue weighted by Gasteiger charge is 2.85. The molecule has 43 heavy (non-hydrogen) atoms. The van der Waals surface area contributed by atoms with Gasteiger partial charge in [-0.1, -0.05) is 13.8 Å². The van der Waals surface area contributed by atoms with Gasteiger partial charge in [0.25, 0.3) is 0 Å². The summed E-state index contributed by atoms with van der Waals surface area (Å²) in [5.41, 5.74) is -1.69. The van der Waals surface area contributed by atoms with Gasteiger partial charge in [0, 0.05) is 37.3 Å². The van der Waals surface area contributed by atoms with Crippen molar-refractivity contribution >= 4 is 12.1 Å². The fourth-order valence-corrected chi connectivity index (χ4v) is 10.6. The normalized spacial score (nSPS) is 44.8. The molecular formula is C33H45NO9. The lowest BCUT2D eigenvalue weighted by atomic mass is 9.42. The van der Waals surface area contributed by atoms with Crippen molar-refractivity contribution in [2.75, 3.05) is 26.2 Å². The Kier molecular flexibility index (Phi) is 7.02. The summed E-state index contributed by atoms with van der Waals surface area (Å²) in [6, 6.07) is 3.22. The van der Waals surface area contributed by atoms with E-state index in [0.717, 1.165) is 50.9 Å². The van der Waals surface area contributed by atoms with Crippen LogP contribution >= 0.6 is 0 Å². The van der Waals surface area contributed by atoms with Gasteiger partial charge < -0.3 is 28.5 Å². The lowest BCUT2D eigenvalue weighted by molar-refractivity contribution is -0.225. The summed E-state index contributed by atoms with van der Waals surface area (Å²) in [6.07, 6.45) is 7.11. The molecule has 1 spiro atoms. The average molecular weight is 600 g/mol. The smallest absolute Gasteiger partial charge is 0.459 e. The number of aliphatic hydroxyl groups is 1. The van der Waals surface area contributed by atoms with Crippen LogP contribution in [0.15, 0.2) is 27.6 Å². The fraction of sp³-hybridized carbons (Fsp3) is 0.788. The number of fused-ring (bicyclic) bond motifs is 3. The quantitative estimate of drug-likeness (QED) is 0.376. The lowest BCUT2D eigenvalue weighted by Crippen LogP contribution is -2.65. The Morgan fingerprint density at radius 3 is 2.49 bits per heavy atom. The standard InChI is InChI=1S/C33H45NO9/c1-20(35)41-27-26(21-6-7-25(36)40-19-21)31(3)12-9-23-24(33(31)28(27)43-33)10-13-32(38)18-22(8-11-30(23,32)2)42-29(37)39-17-16-34-14-4-5-15-34/h6-7,19,22-24,26-28,38H,4-5,8-18H2,1-3H3/t22-,23-,24+,26-,27+,28+,30+,31+,32-,33+/m0/s1. The molecule has 7 rings (SSSR count). The van der Waals surface area contributed by atoms with Crippen LogP contribution in [0.4, 0.5) is 4.79 Å². The monoisotopic (exact) mass is 599 g/mol. The first-order valence-corrected chi connectivity index (χ1v) is 16.2. The maximum absolute atomic E-state index is 12.5. The maximum atomic E-state index is 12.5. The van der Waals surface area contributed by atoms with Crippen LogP contribution in [0.3, 0.4) is 0 Å². The molecule has 4 aliphatic carbocycles. The zero-order valence-electron chi connectivity index (χ0n) is 25.5. The van der Waals surface area contributed by atoms with E-state index in [9.17, 15) is 19.5 Å². The van der Waals surface area contributed by atoms with E-state index in [-0.39, 0.29) is 46.8 Å². The Bertz CT molecular complexity index is 1300. The Labute approximate surface area is 252 Å². The molecule has 10 nitrogen and oxygen atoms in total. The van der Waals surface area contributed by atoms with E-state index in [4.69, 9.17) is 23.4 Å². The number of carbonyl (C=O) groups excluding carboxylic acids is 2. The van der Waals surface area contributed by atoms with E-state index >= 15 is 0 Å². The fourth-order valence-electron chi connectivity index (χ4n) is 10.6. The molecule has 6 fully saturated rings. The van der Waals surface area contributed by atoms with Gasteiger partial charge in [-0.2, -0.15) is 0 Å². The van der Waals surface area contributed by atoms with E-state index in [2.05, 4.69) is 18.7 Å². The molecular weight excluding hydrogens is 554 g/mol. The molecule has 0 radical (unpaired) electrons. The summed E-state index contributed by atoms with van der Waals surface area (Å²) >= 11 is 0. The second kappa shape index (κ2) is 10.3. The van der Waals surface area contributed by atoms with Crippen molar-refractivity contribution in [2.45, 2.75) is 114 Å². The van der Waals surface area contributed by atoms with Crippen LogP contribution in [0.2, 0.25) is 0 Å². The molecule has 236 valence electrons. The molecule has 10 heteroatoms.